The van der Waals surface area contributed by atoms with E-state index in [4.69, 9.17) is 9.47 Å². The van der Waals surface area contributed by atoms with Crippen molar-refractivity contribution in [3.8, 4) is 11.5 Å². The number of methoxy groups -OCH3 is 1. The topological polar surface area (TPSA) is 61.0 Å². The van der Waals surface area contributed by atoms with Crippen LogP contribution in [0.3, 0.4) is 0 Å². The molecule has 0 spiro atoms. The van der Waals surface area contributed by atoms with Crippen LogP contribution in [-0.4, -0.2) is 76.2 Å². The number of nitrogens with zero attached hydrogens (tertiary/aromatic N) is 2. The van der Waals surface area contributed by atoms with E-state index < -0.39 is 0 Å². The van der Waals surface area contributed by atoms with Crippen LogP contribution >= 0.6 is 0 Å². The second kappa shape index (κ2) is 9.59. The molecule has 0 aliphatic carbocycles. The summed E-state index contributed by atoms with van der Waals surface area (Å²) in [6, 6.07) is 6.04. The van der Waals surface area contributed by atoms with E-state index in [0.29, 0.717) is 18.7 Å². The van der Waals surface area contributed by atoms with Crippen LogP contribution in [0.1, 0.15) is 19.8 Å². The van der Waals surface area contributed by atoms with Crippen LogP contribution in [0.4, 0.5) is 5.69 Å². The van der Waals surface area contributed by atoms with E-state index in [2.05, 4.69) is 39.7 Å². The van der Waals surface area contributed by atoms with Crippen molar-refractivity contribution in [2.75, 3.05) is 59.3 Å². The van der Waals surface area contributed by atoms with Gasteiger partial charge in [0.2, 0.25) is 0 Å². The molecule has 1 aromatic carbocycles. The Bertz CT molecular complexity index is 596. The van der Waals surface area contributed by atoms with Gasteiger partial charge >= 0.3 is 0 Å². The number of anilines is 1. The van der Waals surface area contributed by atoms with Crippen molar-refractivity contribution < 1.29 is 9.47 Å². The minimum Gasteiger partial charge on any atom is -0.493 e. The fourth-order valence-corrected chi connectivity index (χ4v) is 3.71. The van der Waals surface area contributed by atoms with Crippen LogP contribution in [-0.2, 0) is 0 Å². The molecule has 0 bridgehead atoms. The van der Waals surface area contributed by atoms with E-state index in [-0.39, 0.29) is 6.29 Å². The standard InChI is InChI=1S/C20H35N5O2/c1-15(13-25-10-5-11-25)14-27-18-12-16(6-7-17(18)26-4)23-20-22-9-8-19(21-2)24(20)3/h6-7,12,15,19-23H,5,8-11,13-14H2,1-4H3/t15-,19?,20?/m0/s1. The summed E-state index contributed by atoms with van der Waals surface area (Å²) in [7, 11) is 5.81. The van der Waals surface area contributed by atoms with Crippen molar-refractivity contribution >= 4 is 5.69 Å². The van der Waals surface area contributed by atoms with Gasteiger partial charge in [0.15, 0.2) is 11.5 Å². The number of likely N-dealkylation sites (tertiary alicyclic amines) is 1. The zero-order valence-corrected chi connectivity index (χ0v) is 17.1. The Morgan fingerprint density at radius 2 is 2.11 bits per heavy atom. The molecule has 152 valence electrons. The summed E-state index contributed by atoms with van der Waals surface area (Å²) in [6.07, 6.45) is 2.84. The lowest BCUT2D eigenvalue weighted by atomic mass is 10.1. The monoisotopic (exact) mass is 377 g/mol. The van der Waals surface area contributed by atoms with E-state index in [0.717, 1.165) is 36.7 Å². The maximum absolute atomic E-state index is 6.12. The van der Waals surface area contributed by atoms with Crippen molar-refractivity contribution in [1.82, 2.24) is 20.4 Å². The predicted molar refractivity (Wildman–Crippen MR) is 109 cm³/mol. The molecule has 3 atom stereocenters. The third-order valence-electron chi connectivity index (χ3n) is 5.50. The summed E-state index contributed by atoms with van der Waals surface area (Å²) in [6.45, 7) is 7.46. The van der Waals surface area contributed by atoms with Crippen molar-refractivity contribution in [2.24, 2.45) is 5.92 Å². The molecule has 2 unspecified atom stereocenters. The Morgan fingerprint density at radius 3 is 2.78 bits per heavy atom. The smallest absolute Gasteiger partial charge is 0.163 e. The number of ether oxygens (including phenoxy) is 2. The highest BCUT2D eigenvalue weighted by atomic mass is 16.5. The molecule has 7 heteroatoms. The average Bonchev–Trinajstić information content (AvgIpc) is 2.65. The van der Waals surface area contributed by atoms with Crippen LogP contribution in [0.15, 0.2) is 18.2 Å². The van der Waals surface area contributed by atoms with Crippen LogP contribution in [0.25, 0.3) is 0 Å². The van der Waals surface area contributed by atoms with Gasteiger partial charge in [-0.3, -0.25) is 10.2 Å². The van der Waals surface area contributed by atoms with E-state index in [9.17, 15) is 0 Å². The Morgan fingerprint density at radius 1 is 1.30 bits per heavy atom. The molecule has 0 saturated carbocycles. The SMILES string of the molecule is CNC1CCNC(Nc2ccc(OC)c(OC[C@@H](C)CN3CCC3)c2)N1C. The zero-order chi connectivity index (χ0) is 19.2. The fourth-order valence-electron chi connectivity index (χ4n) is 3.71. The summed E-state index contributed by atoms with van der Waals surface area (Å²) in [5.41, 5.74) is 1.02. The molecule has 2 aliphatic rings. The predicted octanol–water partition coefficient (Wildman–Crippen LogP) is 1.58. The second-order valence-electron chi connectivity index (χ2n) is 7.70. The van der Waals surface area contributed by atoms with Gasteiger partial charge in [-0.1, -0.05) is 6.92 Å². The van der Waals surface area contributed by atoms with Crippen molar-refractivity contribution in [2.45, 2.75) is 32.2 Å². The molecule has 2 heterocycles. The minimum absolute atomic E-state index is 0.0720. The third-order valence-corrected chi connectivity index (χ3v) is 5.50. The van der Waals surface area contributed by atoms with Gasteiger partial charge in [0.1, 0.15) is 6.29 Å². The Hall–Kier alpha value is -1.54. The number of rotatable bonds is 9. The lowest BCUT2D eigenvalue weighted by Gasteiger charge is -2.40. The molecule has 0 aromatic heterocycles. The molecular formula is C20H35N5O2. The fraction of sp³-hybridized carbons (Fsp3) is 0.700. The van der Waals surface area contributed by atoms with Crippen LogP contribution < -0.4 is 25.4 Å². The van der Waals surface area contributed by atoms with E-state index in [1.165, 1.54) is 19.5 Å². The Balaban J connectivity index is 1.60. The number of hydrogen-bond donors (Lipinski definition) is 3. The zero-order valence-electron chi connectivity index (χ0n) is 17.1. The Kier molecular flexibility index (Phi) is 7.18. The van der Waals surface area contributed by atoms with Crippen molar-refractivity contribution in [1.29, 1.82) is 0 Å². The quantitative estimate of drug-likeness (QED) is 0.604. The lowest BCUT2D eigenvalue weighted by Crippen LogP contribution is -2.61. The average molecular weight is 378 g/mol. The van der Waals surface area contributed by atoms with Gasteiger partial charge in [0, 0.05) is 30.8 Å². The van der Waals surface area contributed by atoms with Crippen molar-refractivity contribution in [3.63, 3.8) is 0 Å². The maximum Gasteiger partial charge on any atom is 0.163 e. The normalized spacial score (nSPS) is 24.9. The van der Waals surface area contributed by atoms with Crippen LogP contribution in [0.2, 0.25) is 0 Å². The highest BCUT2D eigenvalue weighted by Gasteiger charge is 2.26. The van der Waals surface area contributed by atoms with Crippen LogP contribution in [0, 0.1) is 5.92 Å². The lowest BCUT2D eigenvalue weighted by molar-refractivity contribution is 0.0998. The van der Waals surface area contributed by atoms with Gasteiger partial charge in [-0.05, 0) is 52.2 Å². The van der Waals surface area contributed by atoms with Crippen molar-refractivity contribution in [3.05, 3.63) is 18.2 Å². The van der Waals surface area contributed by atoms with Crippen LogP contribution in [0.5, 0.6) is 11.5 Å². The van der Waals surface area contributed by atoms with E-state index in [1.807, 2.05) is 25.2 Å². The molecule has 27 heavy (non-hydrogen) atoms. The van der Waals surface area contributed by atoms with Gasteiger partial charge in [0.25, 0.3) is 0 Å². The molecular weight excluding hydrogens is 342 g/mol. The highest BCUT2D eigenvalue weighted by molar-refractivity contribution is 5.55. The molecule has 2 aliphatic heterocycles. The van der Waals surface area contributed by atoms with E-state index >= 15 is 0 Å². The number of nitrogens with one attached hydrogen (secondary N) is 3. The van der Waals surface area contributed by atoms with E-state index in [1.54, 1.807) is 7.11 Å². The number of hydrogen-bond acceptors (Lipinski definition) is 7. The first-order valence-electron chi connectivity index (χ1n) is 10.0. The summed E-state index contributed by atoms with van der Waals surface area (Å²) in [4.78, 5) is 4.75. The van der Waals surface area contributed by atoms with Gasteiger partial charge in [-0.2, -0.15) is 0 Å². The maximum atomic E-state index is 6.12. The Labute approximate surface area is 163 Å². The first-order valence-corrected chi connectivity index (χ1v) is 10.0. The molecule has 7 nitrogen and oxygen atoms in total. The first-order chi connectivity index (χ1) is 13.1. The third kappa shape index (κ3) is 5.25. The molecule has 3 N–H and O–H groups in total. The number of benzene rings is 1. The first kappa shape index (κ1) is 20.2. The van der Waals surface area contributed by atoms with Gasteiger partial charge in [-0.15, -0.1) is 0 Å². The summed E-state index contributed by atoms with van der Waals surface area (Å²) < 4.78 is 11.6. The van der Waals surface area contributed by atoms with Gasteiger partial charge in [-0.25, -0.2) is 0 Å². The molecule has 0 radical (unpaired) electrons. The second-order valence-corrected chi connectivity index (χ2v) is 7.70. The molecule has 1 aromatic rings. The molecule has 3 rings (SSSR count). The summed E-state index contributed by atoms with van der Waals surface area (Å²) in [5, 5.41) is 10.4. The molecule has 2 saturated heterocycles. The highest BCUT2D eigenvalue weighted by Crippen LogP contribution is 2.31. The summed E-state index contributed by atoms with van der Waals surface area (Å²) in [5.74, 6) is 2.06. The minimum atomic E-state index is 0.0720. The van der Waals surface area contributed by atoms with Gasteiger partial charge in [0.05, 0.1) is 19.9 Å². The molecule has 0 amide bonds. The largest absolute Gasteiger partial charge is 0.493 e. The van der Waals surface area contributed by atoms with Gasteiger partial charge < -0.3 is 25.0 Å². The summed E-state index contributed by atoms with van der Waals surface area (Å²) >= 11 is 0. The molecule has 2 fully saturated rings.